The number of benzene rings is 1. The number of carbonyl (C=O) groups excluding carboxylic acids is 2. The second-order valence-electron chi connectivity index (χ2n) is 9.20. The predicted molar refractivity (Wildman–Crippen MR) is 129 cm³/mol. The van der Waals surface area contributed by atoms with Crippen LogP contribution in [-0.4, -0.2) is 85.0 Å². The summed E-state index contributed by atoms with van der Waals surface area (Å²) < 4.78 is 22.9. The minimum Gasteiger partial charge on any atom is -0.490 e. The molecule has 3 heterocycles. The molecule has 35 heavy (non-hydrogen) atoms. The van der Waals surface area contributed by atoms with E-state index in [1.165, 1.54) is 0 Å². The zero-order valence-electron chi connectivity index (χ0n) is 20.5. The molecule has 1 aromatic carbocycles. The summed E-state index contributed by atoms with van der Waals surface area (Å²) >= 11 is 6.15. The number of carbonyl (C=O) groups is 2. The number of amides is 2. The van der Waals surface area contributed by atoms with E-state index in [4.69, 9.17) is 30.3 Å². The van der Waals surface area contributed by atoms with Crippen LogP contribution >= 0.6 is 11.6 Å². The number of ether oxygens (including phenoxy) is 3. The van der Waals surface area contributed by atoms with Crippen LogP contribution in [-0.2, 0) is 25.5 Å². The van der Waals surface area contributed by atoms with Crippen molar-refractivity contribution in [3.8, 4) is 5.75 Å². The monoisotopic (exact) mass is 505 g/mol. The van der Waals surface area contributed by atoms with Crippen LogP contribution in [0.25, 0.3) is 0 Å². The third-order valence-electron chi connectivity index (χ3n) is 6.58. The van der Waals surface area contributed by atoms with Crippen molar-refractivity contribution in [3.05, 3.63) is 45.8 Å². The first kappa shape index (κ1) is 25.5. The van der Waals surface area contributed by atoms with Crippen LogP contribution in [0.2, 0.25) is 5.02 Å². The van der Waals surface area contributed by atoms with E-state index >= 15 is 0 Å². The van der Waals surface area contributed by atoms with Crippen LogP contribution in [0.5, 0.6) is 5.75 Å². The minimum absolute atomic E-state index is 0.0378. The Hall–Kier alpha value is -2.62. The van der Waals surface area contributed by atoms with Crippen molar-refractivity contribution < 1.29 is 28.3 Å². The molecule has 0 aliphatic carbocycles. The molecule has 2 saturated heterocycles. The molecule has 2 fully saturated rings. The Bertz CT molecular complexity index is 1050. The standard InChI is InChI=1S/C25H32ClN3O6/c1-17-12-20(4-5-22(17)26)33-16-25(14-24(31)28-6-9-32-10-7-28)15-29(8-11-34-25)23(30)13-21-18(2)27-35-19(21)3/h4-5,12H,6-11,13-16H2,1-3H3/t25-/m1/s1. The first-order valence-corrected chi connectivity index (χ1v) is 12.2. The maximum atomic E-state index is 13.2. The number of aryl methyl sites for hydroxylation is 3. The van der Waals surface area contributed by atoms with Gasteiger partial charge in [0.2, 0.25) is 11.8 Å². The minimum atomic E-state index is -0.977. The van der Waals surface area contributed by atoms with Crippen molar-refractivity contribution in [2.24, 2.45) is 0 Å². The Morgan fingerprint density at radius 3 is 2.51 bits per heavy atom. The normalized spacial score (nSPS) is 20.7. The van der Waals surface area contributed by atoms with Gasteiger partial charge in [-0.3, -0.25) is 9.59 Å². The Kier molecular flexibility index (Phi) is 7.98. The van der Waals surface area contributed by atoms with Crippen LogP contribution in [0.15, 0.2) is 22.7 Å². The van der Waals surface area contributed by atoms with Gasteiger partial charge in [0.05, 0.1) is 44.9 Å². The summed E-state index contributed by atoms with van der Waals surface area (Å²) in [4.78, 5) is 30.0. The summed E-state index contributed by atoms with van der Waals surface area (Å²) in [5, 5.41) is 4.60. The van der Waals surface area contributed by atoms with Gasteiger partial charge < -0.3 is 28.5 Å². The maximum Gasteiger partial charge on any atom is 0.227 e. The van der Waals surface area contributed by atoms with Gasteiger partial charge in [-0.2, -0.15) is 0 Å². The third kappa shape index (κ3) is 6.15. The Balaban J connectivity index is 1.51. The van der Waals surface area contributed by atoms with Gasteiger partial charge in [-0.25, -0.2) is 0 Å². The van der Waals surface area contributed by atoms with Crippen molar-refractivity contribution in [1.82, 2.24) is 15.0 Å². The highest BCUT2D eigenvalue weighted by Gasteiger charge is 2.42. The molecule has 9 nitrogen and oxygen atoms in total. The molecular formula is C25H32ClN3O6. The quantitative estimate of drug-likeness (QED) is 0.571. The van der Waals surface area contributed by atoms with Crippen LogP contribution in [0, 0.1) is 20.8 Å². The van der Waals surface area contributed by atoms with Crippen molar-refractivity contribution in [2.45, 2.75) is 39.2 Å². The summed E-state index contributed by atoms with van der Waals surface area (Å²) in [6.07, 6.45) is 0.292. The lowest BCUT2D eigenvalue weighted by Crippen LogP contribution is -2.59. The van der Waals surface area contributed by atoms with Gasteiger partial charge in [0.25, 0.3) is 0 Å². The molecule has 4 rings (SSSR count). The third-order valence-corrected chi connectivity index (χ3v) is 7.00. The average molecular weight is 506 g/mol. The lowest BCUT2D eigenvalue weighted by Gasteiger charge is -2.43. The average Bonchev–Trinajstić information content (AvgIpc) is 3.17. The molecule has 10 heteroatoms. The summed E-state index contributed by atoms with van der Waals surface area (Å²) in [7, 11) is 0. The molecule has 2 aliphatic rings. The zero-order valence-corrected chi connectivity index (χ0v) is 21.2. The molecule has 0 radical (unpaired) electrons. The molecule has 190 valence electrons. The fraction of sp³-hybridized carbons (Fsp3) is 0.560. The van der Waals surface area contributed by atoms with E-state index in [1.54, 1.807) is 28.9 Å². The van der Waals surface area contributed by atoms with Crippen LogP contribution in [0.3, 0.4) is 0 Å². The van der Waals surface area contributed by atoms with Gasteiger partial charge in [-0.15, -0.1) is 0 Å². The van der Waals surface area contributed by atoms with E-state index in [1.807, 2.05) is 19.9 Å². The van der Waals surface area contributed by atoms with Gasteiger partial charge in [-0.05, 0) is 44.5 Å². The Morgan fingerprint density at radius 2 is 1.83 bits per heavy atom. The first-order chi connectivity index (χ1) is 16.8. The van der Waals surface area contributed by atoms with Crippen molar-refractivity contribution >= 4 is 23.4 Å². The molecule has 0 N–H and O–H groups in total. The van der Waals surface area contributed by atoms with Crippen molar-refractivity contribution in [3.63, 3.8) is 0 Å². The number of nitrogens with zero attached hydrogens (tertiary/aromatic N) is 3. The molecule has 2 amide bonds. The number of morpholine rings is 2. The zero-order chi connectivity index (χ0) is 25.0. The highest BCUT2D eigenvalue weighted by molar-refractivity contribution is 6.31. The lowest BCUT2D eigenvalue weighted by molar-refractivity contribution is -0.167. The number of hydrogen-bond donors (Lipinski definition) is 0. The number of hydrogen-bond acceptors (Lipinski definition) is 7. The Labute approximate surface area is 210 Å². The van der Waals surface area contributed by atoms with Gasteiger partial charge >= 0.3 is 0 Å². The molecule has 1 atom stereocenters. The topological polar surface area (TPSA) is 94.3 Å². The van der Waals surface area contributed by atoms with Gasteiger partial charge in [-0.1, -0.05) is 16.8 Å². The SMILES string of the molecule is Cc1cc(OC[C@@]2(CC(=O)N3CCOCC3)CN(C(=O)Cc3c(C)noc3C)CCO2)ccc1Cl. The van der Waals surface area contributed by atoms with Crippen LogP contribution in [0.4, 0.5) is 0 Å². The second kappa shape index (κ2) is 11.0. The van der Waals surface area contributed by atoms with E-state index < -0.39 is 5.60 Å². The van der Waals surface area contributed by atoms with E-state index in [-0.39, 0.29) is 37.8 Å². The molecule has 1 aromatic heterocycles. The fourth-order valence-corrected chi connectivity index (χ4v) is 4.56. The lowest BCUT2D eigenvalue weighted by atomic mass is 9.96. The molecule has 2 aromatic rings. The summed E-state index contributed by atoms with van der Waals surface area (Å²) in [5.41, 5.74) is 1.42. The van der Waals surface area contributed by atoms with Gasteiger partial charge in [0.15, 0.2) is 0 Å². The first-order valence-electron chi connectivity index (χ1n) is 11.8. The summed E-state index contributed by atoms with van der Waals surface area (Å²) in [5.74, 6) is 1.17. The predicted octanol–water partition coefficient (Wildman–Crippen LogP) is 2.72. The molecule has 0 unspecified atom stereocenters. The molecule has 0 spiro atoms. The smallest absolute Gasteiger partial charge is 0.227 e. The number of rotatable bonds is 7. The van der Waals surface area contributed by atoms with E-state index in [9.17, 15) is 9.59 Å². The van der Waals surface area contributed by atoms with Crippen molar-refractivity contribution in [1.29, 1.82) is 0 Å². The molecule has 0 saturated carbocycles. The number of aromatic nitrogens is 1. The summed E-state index contributed by atoms with van der Waals surface area (Å²) in [6, 6.07) is 5.41. The molecule has 2 aliphatic heterocycles. The van der Waals surface area contributed by atoms with Crippen molar-refractivity contribution in [2.75, 3.05) is 52.6 Å². The maximum absolute atomic E-state index is 13.2. The van der Waals surface area contributed by atoms with Gasteiger partial charge in [0, 0.05) is 30.2 Å². The second-order valence-corrected chi connectivity index (χ2v) is 9.60. The van der Waals surface area contributed by atoms with Gasteiger partial charge in [0.1, 0.15) is 23.7 Å². The van der Waals surface area contributed by atoms with E-state index in [0.717, 1.165) is 11.1 Å². The molecule has 0 bridgehead atoms. The van der Waals surface area contributed by atoms with E-state index in [0.29, 0.717) is 61.7 Å². The fourth-order valence-electron chi connectivity index (χ4n) is 4.44. The van der Waals surface area contributed by atoms with E-state index in [2.05, 4.69) is 5.16 Å². The summed E-state index contributed by atoms with van der Waals surface area (Å²) in [6.45, 7) is 8.77. The highest BCUT2D eigenvalue weighted by atomic mass is 35.5. The van der Waals surface area contributed by atoms with Crippen LogP contribution in [0.1, 0.15) is 29.0 Å². The molecular weight excluding hydrogens is 474 g/mol. The highest BCUT2D eigenvalue weighted by Crippen LogP contribution is 2.28. The number of halogens is 1. The van der Waals surface area contributed by atoms with Crippen LogP contribution < -0.4 is 4.74 Å². The largest absolute Gasteiger partial charge is 0.490 e. The Morgan fingerprint density at radius 1 is 1.09 bits per heavy atom.